The van der Waals surface area contributed by atoms with Gasteiger partial charge in [-0.2, -0.15) is 13.2 Å². The molecule has 6 nitrogen and oxygen atoms in total. The smallest absolute Gasteiger partial charge is 0.359 e. The summed E-state index contributed by atoms with van der Waals surface area (Å²) in [5.41, 5.74) is -0.490. The fourth-order valence-electron chi connectivity index (χ4n) is 3.86. The Morgan fingerprint density at radius 3 is 2.53 bits per heavy atom. The molecule has 170 valence electrons. The van der Waals surface area contributed by atoms with Gasteiger partial charge < -0.3 is 14.7 Å². The molecule has 0 aliphatic carbocycles. The zero-order valence-electron chi connectivity index (χ0n) is 17.7. The quantitative estimate of drug-likeness (QED) is 0.528. The number of nitrogens with zero attached hydrogens (tertiary/aromatic N) is 4. The number of hydrogen-bond donors (Lipinski definition) is 1. The van der Waals surface area contributed by atoms with Crippen molar-refractivity contribution in [3.05, 3.63) is 66.1 Å². The second-order valence-corrected chi connectivity index (χ2v) is 7.77. The van der Waals surface area contributed by atoms with Gasteiger partial charge in [0.15, 0.2) is 5.76 Å². The van der Waals surface area contributed by atoms with Gasteiger partial charge in [-0.25, -0.2) is 4.98 Å². The first-order valence-corrected chi connectivity index (χ1v) is 10.7. The summed E-state index contributed by atoms with van der Waals surface area (Å²) >= 11 is 0. The van der Waals surface area contributed by atoms with Gasteiger partial charge in [-0.3, -0.25) is 4.90 Å². The molecule has 0 amide bonds. The summed E-state index contributed by atoms with van der Waals surface area (Å²) in [6, 6.07) is 12.9. The summed E-state index contributed by atoms with van der Waals surface area (Å²) in [6.07, 6.45) is -1.64. The van der Waals surface area contributed by atoms with E-state index in [2.05, 4.69) is 25.3 Å². The average molecular weight is 445 g/mol. The fourth-order valence-corrected chi connectivity index (χ4v) is 3.86. The van der Waals surface area contributed by atoms with E-state index >= 15 is 0 Å². The Balaban J connectivity index is 1.18. The van der Waals surface area contributed by atoms with Crippen molar-refractivity contribution in [3.63, 3.8) is 0 Å². The van der Waals surface area contributed by atoms with Gasteiger partial charge in [-0.15, -0.1) is 0 Å². The third-order valence-corrected chi connectivity index (χ3v) is 5.54. The summed E-state index contributed by atoms with van der Waals surface area (Å²) < 4.78 is 44.9. The van der Waals surface area contributed by atoms with Crippen molar-refractivity contribution in [1.29, 1.82) is 0 Å². The number of halogens is 3. The van der Waals surface area contributed by atoms with Crippen molar-refractivity contribution in [2.45, 2.75) is 19.1 Å². The Kier molecular flexibility index (Phi) is 7.06. The molecular formula is C23H26F3N5O. The van der Waals surface area contributed by atoms with Crippen LogP contribution >= 0.6 is 0 Å². The minimum Gasteiger partial charge on any atom is -0.359 e. The first-order chi connectivity index (χ1) is 15.5. The predicted octanol–water partition coefficient (Wildman–Crippen LogP) is 4.06. The molecule has 3 aromatic rings. The first kappa shape index (κ1) is 22.3. The largest absolute Gasteiger partial charge is 0.417 e. The number of alkyl halides is 3. The van der Waals surface area contributed by atoms with Crippen LogP contribution in [0.4, 0.5) is 19.0 Å². The number of anilines is 1. The van der Waals surface area contributed by atoms with E-state index in [1.54, 1.807) is 12.1 Å². The lowest BCUT2D eigenvalue weighted by molar-refractivity contribution is -0.137. The van der Waals surface area contributed by atoms with Crippen LogP contribution in [0.2, 0.25) is 0 Å². The number of rotatable bonds is 8. The van der Waals surface area contributed by atoms with Crippen LogP contribution in [0, 0.1) is 0 Å². The number of hydrogen-bond acceptors (Lipinski definition) is 6. The minimum absolute atomic E-state index is 0.0276. The molecule has 0 spiro atoms. The average Bonchev–Trinajstić information content (AvgIpc) is 3.28. The van der Waals surface area contributed by atoms with Crippen LogP contribution in [-0.2, 0) is 12.7 Å². The molecular weight excluding hydrogens is 419 g/mol. The molecule has 0 bridgehead atoms. The van der Waals surface area contributed by atoms with E-state index in [0.29, 0.717) is 12.3 Å². The van der Waals surface area contributed by atoms with Gasteiger partial charge in [0.05, 0.1) is 12.1 Å². The third kappa shape index (κ3) is 5.66. The molecule has 1 fully saturated rings. The third-order valence-electron chi connectivity index (χ3n) is 5.54. The van der Waals surface area contributed by atoms with Gasteiger partial charge in [0.1, 0.15) is 11.5 Å². The van der Waals surface area contributed by atoms with Crippen molar-refractivity contribution in [2.24, 2.45) is 0 Å². The summed E-state index contributed by atoms with van der Waals surface area (Å²) in [5, 5.41) is 7.11. The van der Waals surface area contributed by atoms with Gasteiger partial charge in [-0.05, 0) is 37.7 Å². The molecule has 1 aromatic carbocycles. The number of benzene rings is 1. The lowest BCUT2D eigenvalue weighted by atomic mass is 10.0. The number of pyridine rings is 1. The van der Waals surface area contributed by atoms with Crippen LogP contribution in [0.15, 0.2) is 59.3 Å². The van der Waals surface area contributed by atoms with Crippen molar-refractivity contribution < 1.29 is 17.7 Å². The summed E-state index contributed by atoms with van der Waals surface area (Å²) in [5.74, 6) is 1.54. The Hall–Kier alpha value is -2.91. The lowest BCUT2D eigenvalue weighted by Gasteiger charge is -2.35. The van der Waals surface area contributed by atoms with Crippen LogP contribution in [0.3, 0.4) is 0 Å². The van der Waals surface area contributed by atoms with Crippen LogP contribution < -0.4 is 10.2 Å². The molecule has 32 heavy (non-hydrogen) atoms. The molecule has 1 aliphatic heterocycles. The molecule has 0 atom stereocenters. The Bertz CT molecular complexity index is 985. The monoisotopic (exact) mass is 445 g/mol. The van der Waals surface area contributed by atoms with Crippen molar-refractivity contribution in [3.8, 4) is 11.3 Å². The minimum atomic E-state index is -4.43. The van der Waals surface area contributed by atoms with Gasteiger partial charge >= 0.3 is 6.18 Å². The zero-order chi connectivity index (χ0) is 22.4. The van der Waals surface area contributed by atoms with Gasteiger partial charge in [0.2, 0.25) is 0 Å². The molecule has 0 unspecified atom stereocenters. The molecule has 0 radical (unpaired) electrons. The van der Waals surface area contributed by atoms with Gasteiger partial charge in [0.25, 0.3) is 0 Å². The normalized spacial score (nSPS) is 15.3. The predicted molar refractivity (Wildman–Crippen MR) is 116 cm³/mol. The van der Waals surface area contributed by atoms with Crippen LogP contribution in [0.1, 0.15) is 17.7 Å². The Morgan fingerprint density at radius 2 is 1.78 bits per heavy atom. The van der Waals surface area contributed by atoms with E-state index in [-0.39, 0.29) is 11.3 Å². The molecule has 1 saturated heterocycles. The van der Waals surface area contributed by atoms with E-state index in [0.717, 1.165) is 57.6 Å². The van der Waals surface area contributed by atoms with Gasteiger partial charge in [-0.1, -0.05) is 29.4 Å². The molecule has 1 N–H and O–H groups in total. The van der Waals surface area contributed by atoms with E-state index in [1.807, 2.05) is 24.4 Å². The first-order valence-electron chi connectivity index (χ1n) is 10.7. The van der Waals surface area contributed by atoms with Gasteiger partial charge in [0, 0.05) is 44.0 Å². The van der Waals surface area contributed by atoms with Crippen LogP contribution in [0.5, 0.6) is 0 Å². The highest BCUT2D eigenvalue weighted by atomic mass is 19.4. The Labute approximate surface area is 185 Å². The van der Waals surface area contributed by atoms with Crippen molar-refractivity contribution >= 4 is 5.82 Å². The highest BCUT2D eigenvalue weighted by Gasteiger charge is 2.34. The maximum absolute atomic E-state index is 13.2. The summed E-state index contributed by atoms with van der Waals surface area (Å²) in [7, 11) is 0. The number of aromatic nitrogens is 2. The topological polar surface area (TPSA) is 57.4 Å². The van der Waals surface area contributed by atoms with E-state index in [4.69, 9.17) is 4.52 Å². The summed E-state index contributed by atoms with van der Waals surface area (Å²) in [6.45, 7) is 6.13. The zero-order valence-corrected chi connectivity index (χ0v) is 17.7. The number of nitrogens with one attached hydrogen (secondary N) is 1. The van der Waals surface area contributed by atoms with Crippen LogP contribution in [0.25, 0.3) is 11.3 Å². The van der Waals surface area contributed by atoms with E-state index < -0.39 is 11.7 Å². The van der Waals surface area contributed by atoms with E-state index in [1.165, 1.54) is 12.1 Å². The number of piperazine rings is 1. The molecule has 2 aromatic heterocycles. The van der Waals surface area contributed by atoms with Crippen molar-refractivity contribution in [2.75, 3.05) is 44.2 Å². The second kappa shape index (κ2) is 10.1. The lowest BCUT2D eigenvalue weighted by Crippen LogP contribution is -2.47. The molecule has 9 heteroatoms. The maximum atomic E-state index is 13.2. The molecule has 4 rings (SSSR count). The van der Waals surface area contributed by atoms with Crippen molar-refractivity contribution in [1.82, 2.24) is 20.4 Å². The fraction of sp³-hybridized carbons (Fsp3) is 0.391. The molecule has 1 aliphatic rings. The van der Waals surface area contributed by atoms with E-state index in [9.17, 15) is 13.2 Å². The maximum Gasteiger partial charge on any atom is 0.417 e. The standard InChI is InChI=1S/C23H26F3N5O/c24-23(25,26)20-7-2-1-6-19(20)21-16-18(32-29-21)17-27-9-5-11-30-12-14-31(15-13-30)22-8-3-4-10-28-22/h1-4,6-8,10,16,27H,5,9,11-15,17H2. The van der Waals surface area contributed by atoms with Crippen LogP contribution in [-0.4, -0.2) is 54.3 Å². The Morgan fingerprint density at radius 1 is 1.00 bits per heavy atom. The summed E-state index contributed by atoms with van der Waals surface area (Å²) in [4.78, 5) is 9.14. The molecule has 0 saturated carbocycles. The SMILES string of the molecule is FC(F)(F)c1ccccc1-c1cc(CNCCCN2CCN(c3ccccn3)CC2)on1. The molecule has 3 heterocycles. The highest BCUT2D eigenvalue weighted by molar-refractivity contribution is 5.64. The highest BCUT2D eigenvalue weighted by Crippen LogP contribution is 2.36. The second-order valence-electron chi connectivity index (χ2n) is 7.77.